The standard InChI is InChI=1S/C22H30N4O3/c1-22(2,3)25-10-4-5-16(13-25)23-15-6-7-17-14(11-15)12-26(21(17)29)18-8-9-19(27)24-20(18)28/h6-7,11,16,18,23H,4-5,8-10,12-13H2,1-3H3,(H,24,27,28)/t16-,18?/m0/s1. The molecule has 0 aliphatic carbocycles. The Balaban J connectivity index is 1.45. The molecule has 7 nitrogen and oxygen atoms in total. The molecular formula is C22H30N4O3. The number of nitrogens with zero attached hydrogens (tertiary/aromatic N) is 2. The Hall–Kier alpha value is -2.41. The van der Waals surface area contributed by atoms with Crippen LogP contribution in [0.15, 0.2) is 18.2 Å². The van der Waals surface area contributed by atoms with Gasteiger partial charge in [0.1, 0.15) is 6.04 Å². The summed E-state index contributed by atoms with van der Waals surface area (Å²) in [5.41, 5.74) is 2.77. The van der Waals surface area contributed by atoms with Crippen LogP contribution in [-0.4, -0.2) is 58.2 Å². The first-order valence-corrected chi connectivity index (χ1v) is 10.5. The highest BCUT2D eigenvalue weighted by Gasteiger charge is 2.39. The zero-order chi connectivity index (χ0) is 20.8. The van der Waals surface area contributed by atoms with Gasteiger partial charge in [-0.2, -0.15) is 0 Å². The highest BCUT2D eigenvalue weighted by molar-refractivity contribution is 6.05. The fraction of sp³-hybridized carbons (Fsp3) is 0.591. The number of carbonyl (C=O) groups is 3. The molecule has 0 spiro atoms. The zero-order valence-corrected chi connectivity index (χ0v) is 17.5. The van der Waals surface area contributed by atoms with Gasteiger partial charge in [0.15, 0.2) is 0 Å². The molecule has 2 N–H and O–H groups in total. The van der Waals surface area contributed by atoms with Gasteiger partial charge in [-0.25, -0.2) is 0 Å². The molecule has 4 rings (SSSR count). The smallest absolute Gasteiger partial charge is 0.255 e. The molecule has 0 saturated carbocycles. The lowest BCUT2D eigenvalue weighted by Crippen LogP contribution is -2.52. The van der Waals surface area contributed by atoms with E-state index in [0.29, 0.717) is 24.6 Å². The van der Waals surface area contributed by atoms with E-state index >= 15 is 0 Å². The van der Waals surface area contributed by atoms with Crippen LogP contribution < -0.4 is 10.6 Å². The maximum atomic E-state index is 12.8. The van der Waals surface area contributed by atoms with Gasteiger partial charge in [-0.1, -0.05) is 0 Å². The number of nitrogens with one attached hydrogen (secondary N) is 2. The van der Waals surface area contributed by atoms with E-state index in [1.165, 1.54) is 6.42 Å². The number of likely N-dealkylation sites (tertiary alicyclic amines) is 1. The minimum Gasteiger partial charge on any atom is -0.381 e. The van der Waals surface area contributed by atoms with Gasteiger partial charge in [0.2, 0.25) is 11.8 Å². The van der Waals surface area contributed by atoms with E-state index in [2.05, 4.69) is 36.3 Å². The summed E-state index contributed by atoms with van der Waals surface area (Å²) in [4.78, 5) is 40.5. The van der Waals surface area contributed by atoms with E-state index in [-0.39, 0.29) is 29.7 Å². The molecule has 2 saturated heterocycles. The number of piperidine rings is 2. The summed E-state index contributed by atoms with van der Waals surface area (Å²) in [6.07, 6.45) is 2.96. The van der Waals surface area contributed by atoms with E-state index in [1.54, 1.807) is 4.90 Å². The third-order valence-electron chi connectivity index (χ3n) is 6.26. The van der Waals surface area contributed by atoms with Crippen molar-refractivity contribution in [2.75, 3.05) is 18.4 Å². The van der Waals surface area contributed by atoms with E-state index in [0.717, 1.165) is 30.8 Å². The topological polar surface area (TPSA) is 81.8 Å². The molecule has 1 aromatic rings. The molecule has 29 heavy (non-hydrogen) atoms. The molecule has 0 bridgehead atoms. The molecular weight excluding hydrogens is 368 g/mol. The van der Waals surface area contributed by atoms with Gasteiger partial charge in [0.05, 0.1) is 0 Å². The highest BCUT2D eigenvalue weighted by Crippen LogP contribution is 2.30. The predicted octanol–water partition coefficient (Wildman–Crippen LogP) is 2.12. The van der Waals surface area contributed by atoms with Crippen molar-refractivity contribution in [1.82, 2.24) is 15.1 Å². The van der Waals surface area contributed by atoms with Crippen LogP contribution in [-0.2, 0) is 16.1 Å². The number of imide groups is 1. The number of benzene rings is 1. The lowest BCUT2D eigenvalue weighted by molar-refractivity contribution is -0.136. The molecule has 1 aromatic carbocycles. The summed E-state index contributed by atoms with van der Waals surface area (Å²) in [6.45, 7) is 9.29. The average molecular weight is 399 g/mol. The van der Waals surface area contributed by atoms with Crippen LogP contribution in [0.4, 0.5) is 5.69 Å². The summed E-state index contributed by atoms with van der Waals surface area (Å²) >= 11 is 0. The Bertz CT molecular complexity index is 845. The van der Waals surface area contributed by atoms with Gasteiger partial charge in [-0.05, 0) is 70.3 Å². The number of amides is 3. The summed E-state index contributed by atoms with van der Waals surface area (Å²) in [7, 11) is 0. The first-order chi connectivity index (χ1) is 13.7. The SMILES string of the molecule is CC(C)(C)N1CCC[C@H](Nc2ccc3c(c2)CN(C2CCC(=O)NC2=O)C3=O)C1. The van der Waals surface area contributed by atoms with Crippen molar-refractivity contribution < 1.29 is 14.4 Å². The Kier molecular flexibility index (Phi) is 5.11. The summed E-state index contributed by atoms with van der Waals surface area (Å²) < 4.78 is 0. The normalized spacial score (nSPS) is 25.8. The average Bonchev–Trinajstić information content (AvgIpc) is 2.97. The van der Waals surface area contributed by atoms with Crippen molar-refractivity contribution in [1.29, 1.82) is 0 Å². The second kappa shape index (κ2) is 7.44. The highest BCUT2D eigenvalue weighted by atomic mass is 16.2. The van der Waals surface area contributed by atoms with Crippen LogP contribution in [0.2, 0.25) is 0 Å². The molecule has 3 heterocycles. The summed E-state index contributed by atoms with van der Waals surface area (Å²) in [6, 6.07) is 5.67. The van der Waals surface area contributed by atoms with Crippen LogP contribution in [0, 0.1) is 0 Å². The minimum absolute atomic E-state index is 0.127. The van der Waals surface area contributed by atoms with Crippen molar-refractivity contribution >= 4 is 23.4 Å². The van der Waals surface area contributed by atoms with Crippen LogP contribution in [0.3, 0.4) is 0 Å². The maximum absolute atomic E-state index is 12.8. The fourth-order valence-electron chi connectivity index (χ4n) is 4.60. The molecule has 0 radical (unpaired) electrons. The van der Waals surface area contributed by atoms with E-state index < -0.39 is 6.04 Å². The Labute approximate surface area is 171 Å². The second-order valence-electron chi connectivity index (χ2n) is 9.37. The van der Waals surface area contributed by atoms with E-state index in [9.17, 15) is 14.4 Å². The Morgan fingerprint density at radius 3 is 2.66 bits per heavy atom. The van der Waals surface area contributed by atoms with Gasteiger partial charge >= 0.3 is 0 Å². The molecule has 7 heteroatoms. The first kappa shape index (κ1) is 19.9. The van der Waals surface area contributed by atoms with Crippen molar-refractivity contribution in [2.24, 2.45) is 0 Å². The molecule has 1 unspecified atom stereocenters. The van der Waals surface area contributed by atoms with Gasteiger partial charge in [-0.3, -0.25) is 24.6 Å². The Morgan fingerprint density at radius 2 is 1.93 bits per heavy atom. The number of hydrogen-bond acceptors (Lipinski definition) is 5. The first-order valence-electron chi connectivity index (χ1n) is 10.5. The molecule has 3 amide bonds. The zero-order valence-electron chi connectivity index (χ0n) is 17.5. The lowest BCUT2D eigenvalue weighted by Gasteiger charge is -2.42. The molecule has 2 fully saturated rings. The fourth-order valence-corrected chi connectivity index (χ4v) is 4.60. The van der Waals surface area contributed by atoms with Gasteiger partial charge in [-0.15, -0.1) is 0 Å². The number of carbonyl (C=O) groups excluding carboxylic acids is 3. The number of fused-ring (bicyclic) bond motifs is 1. The lowest BCUT2D eigenvalue weighted by atomic mass is 9.98. The van der Waals surface area contributed by atoms with E-state index in [4.69, 9.17) is 0 Å². The van der Waals surface area contributed by atoms with Crippen LogP contribution in [0.25, 0.3) is 0 Å². The summed E-state index contributed by atoms with van der Waals surface area (Å²) in [5.74, 6) is -0.762. The van der Waals surface area contributed by atoms with Gasteiger partial charge in [0, 0.05) is 42.3 Å². The van der Waals surface area contributed by atoms with Crippen molar-refractivity contribution in [3.05, 3.63) is 29.3 Å². The van der Waals surface area contributed by atoms with Crippen LogP contribution in [0.1, 0.15) is 62.4 Å². The van der Waals surface area contributed by atoms with Crippen LogP contribution >= 0.6 is 0 Å². The van der Waals surface area contributed by atoms with Gasteiger partial charge in [0.25, 0.3) is 5.91 Å². The minimum atomic E-state index is -0.567. The quantitative estimate of drug-likeness (QED) is 0.763. The largest absolute Gasteiger partial charge is 0.381 e. The molecule has 2 atom stereocenters. The van der Waals surface area contributed by atoms with Crippen molar-refractivity contribution in [2.45, 2.75) is 70.6 Å². The van der Waals surface area contributed by atoms with Gasteiger partial charge < -0.3 is 10.2 Å². The number of hydrogen-bond donors (Lipinski definition) is 2. The third-order valence-corrected chi connectivity index (χ3v) is 6.26. The van der Waals surface area contributed by atoms with E-state index in [1.807, 2.05) is 18.2 Å². The number of rotatable bonds is 3. The Morgan fingerprint density at radius 1 is 1.14 bits per heavy atom. The third kappa shape index (κ3) is 4.01. The second-order valence-corrected chi connectivity index (χ2v) is 9.37. The molecule has 3 aliphatic rings. The van der Waals surface area contributed by atoms with Crippen molar-refractivity contribution in [3.63, 3.8) is 0 Å². The monoisotopic (exact) mass is 398 g/mol. The molecule has 0 aromatic heterocycles. The summed E-state index contributed by atoms with van der Waals surface area (Å²) in [5, 5.41) is 5.99. The predicted molar refractivity (Wildman–Crippen MR) is 110 cm³/mol. The van der Waals surface area contributed by atoms with Crippen molar-refractivity contribution in [3.8, 4) is 0 Å². The molecule has 156 valence electrons. The van der Waals surface area contributed by atoms with Crippen LogP contribution in [0.5, 0.6) is 0 Å². The number of anilines is 1. The maximum Gasteiger partial charge on any atom is 0.255 e. The molecule has 3 aliphatic heterocycles.